The average Bonchev–Trinajstić information content (AvgIpc) is 3.15. The lowest BCUT2D eigenvalue weighted by molar-refractivity contribution is -0.237. The van der Waals surface area contributed by atoms with Crippen LogP contribution in [0.3, 0.4) is 0 Å². The van der Waals surface area contributed by atoms with Gasteiger partial charge in [0.2, 0.25) is 0 Å². The van der Waals surface area contributed by atoms with Crippen molar-refractivity contribution in [2.24, 2.45) is 5.92 Å². The summed E-state index contributed by atoms with van der Waals surface area (Å²) in [6.45, 7) is 2.54. The Kier molecular flexibility index (Phi) is 3.54. The summed E-state index contributed by atoms with van der Waals surface area (Å²) < 4.78 is 53.1. The molecule has 0 bridgehead atoms. The molecule has 2 aromatic heterocycles. The molecule has 0 N–H and O–H groups in total. The fourth-order valence-electron chi connectivity index (χ4n) is 3.75. The van der Waals surface area contributed by atoms with Gasteiger partial charge in [-0.05, 0) is 19.8 Å². The van der Waals surface area contributed by atoms with Gasteiger partial charge in [-0.1, -0.05) is 0 Å². The van der Waals surface area contributed by atoms with Crippen molar-refractivity contribution in [2.45, 2.75) is 44.1 Å². The number of fused-ring (bicyclic) bond motifs is 1. The Labute approximate surface area is 136 Å². The van der Waals surface area contributed by atoms with E-state index in [4.69, 9.17) is 9.47 Å². The van der Waals surface area contributed by atoms with Gasteiger partial charge in [-0.15, -0.1) is 10.2 Å². The van der Waals surface area contributed by atoms with Gasteiger partial charge in [0.05, 0.1) is 30.7 Å². The molecule has 1 aliphatic carbocycles. The minimum atomic E-state index is -4.24. The monoisotopic (exact) mass is 342 g/mol. The standard InChI is InChI=1S/C15H17F3N4O2/c1-9-12-20-21-13(22(12)5-4-19-9)11-8-10(15(16,17)18)2-3-14(11)23-6-7-24-14/h4-5,10-11H,2-3,6-8H2,1H3. The fourth-order valence-corrected chi connectivity index (χ4v) is 3.75. The lowest BCUT2D eigenvalue weighted by atomic mass is 9.76. The molecule has 4 rings (SSSR count). The van der Waals surface area contributed by atoms with Gasteiger partial charge in [0, 0.05) is 18.8 Å². The molecule has 130 valence electrons. The molecular formula is C15H17F3N4O2. The van der Waals surface area contributed by atoms with Crippen LogP contribution in [0.5, 0.6) is 0 Å². The number of nitrogens with zero attached hydrogens (tertiary/aromatic N) is 4. The van der Waals surface area contributed by atoms with Crippen molar-refractivity contribution in [3.63, 3.8) is 0 Å². The summed E-state index contributed by atoms with van der Waals surface area (Å²) in [5, 5.41) is 8.25. The van der Waals surface area contributed by atoms with Crippen LogP contribution in [0.2, 0.25) is 0 Å². The second kappa shape index (κ2) is 5.38. The minimum Gasteiger partial charge on any atom is -0.347 e. The van der Waals surface area contributed by atoms with E-state index in [1.165, 1.54) is 0 Å². The maximum absolute atomic E-state index is 13.3. The average molecular weight is 342 g/mol. The van der Waals surface area contributed by atoms with Gasteiger partial charge in [0.25, 0.3) is 0 Å². The van der Waals surface area contributed by atoms with Crippen molar-refractivity contribution < 1.29 is 22.6 Å². The van der Waals surface area contributed by atoms with E-state index in [-0.39, 0.29) is 19.3 Å². The zero-order valence-electron chi connectivity index (χ0n) is 13.1. The third-order valence-corrected chi connectivity index (χ3v) is 4.97. The molecule has 1 saturated heterocycles. The van der Waals surface area contributed by atoms with Crippen molar-refractivity contribution in [2.75, 3.05) is 13.2 Å². The van der Waals surface area contributed by atoms with Crippen LogP contribution in [0.25, 0.3) is 5.65 Å². The largest absolute Gasteiger partial charge is 0.391 e. The predicted molar refractivity (Wildman–Crippen MR) is 76.3 cm³/mol. The van der Waals surface area contributed by atoms with Crippen molar-refractivity contribution in [3.05, 3.63) is 23.9 Å². The molecule has 1 aliphatic heterocycles. The lowest BCUT2D eigenvalue weighted by Crippen LogP contribution is -2.46. The summed E-state index contributed by atoms with van der Waals surface area (Å²) in [5.74, 6) is -2.62. The summed E-state index contributed by atoms with van der Waals surface area (Å²) in [5.41, 5.74) is 1.21. The first-order valence-corrected chi connectivity index (χ1v) is 7.91. The summed E-state index contributed by atoms with van der Waals surface area (Å²) in [7, 11) is 0. The Morgan fingerprint density at radius 1 is 1.25 bits per heavy atom. The molecule has 3 heterocycles. The smallest absolute Gasteiger partial charge is 0.347 e. The van der Waals surface area contributed by atoms with Crippen LogP contribution in [0.4, 0.5) is 13.2 Å². The third kappa shape index (κ3) is 2.37. The van der Waals surface area contributed by atoms with E-state index < -0.39 is 23.8 Å². The lowest BCUT2D eigenvalue weighted by Gasteiger charge is -2.41. The highest BCUT2D eigenvalue weighted by Crippen LogP contribution is 2.51. The van der Waals surface area contributed by atoms with Gasteiger partial charge in [0.1, 0.15) is 5.82 Å². The molecular weight excluding hydrogens is 325 g/mol. The molecule has 2 aromatic rings. The Morgan fingerprint density at radius 2 is 2.00 bits per heavy atom. The Morgan fingerprint density at radius 3 is 2.71 bits per heavy atom. The summed E-state index contributed by atoms with van der Waals surface area (Å²) in [4.78, 5) is 4.14. The number of ether oxygens (including phenoxy) is 2. The number of aromatic nitrogens is 4. The molecule has 1 saturated carbocycles. The van der Waals surface area contributed by atoms with Crippen molar-refractivity contribution in [3.8, 4) is 0 Å². The minimum absolute atomic E-state index is 0.00266. The van der Waals surface area contributed by atoms with Crippen LogP contribution >= 0.6 is 0 Å². The first-order valence-electron chi connectivity index (χ1n) is 7.91. The van der Waals surface area contributed by atoms with Gasteiger partial charge in [-0.25, -0.2) is 0 Å². The van der Waals surface area contributed by atoms with E-state index >= 15 is 0 Å². The quantitative estimate of drug-likeness (QED) is 0.797. The Balaban J connectivity index is 1.79. The molecule has 9 heteroatoms. The second-order valence-electron chi connectivity index (χ2n) is 6.34. The van der Waals surface area contributed by atoms with Crippen LogP contribution in [0.15, 0.2) is 12.4 Å². The second-order valence-corrected chi connectivity index (χ2v) is 6.34. The third-order valence-electron chi connectivity index (χ3n) is 4.97. The summed E-state index contributed by atoms with van der Waals surface area (Å²) in [6, 6.07) is 0. The topological polar surface area (TPSA) is 61.5 Å². The van der Waals surface area contributed by atoms with E-state index in [9.17, 15) is 13.2 Å². The molecule has 0 amide bonds. The van der Waals surface area contributed by atoms with Gasteiger partial charge < -0.3 is 9.47 Å². The van der Waals surface area contributed by atoms with Gasteiger partial charge in [0.15, 0.2) is 11.4 Å². The molecule has 24 heavy (non-hydrogen) atoms. The summed E-state index contributed by atoms with van der Waals surface area (Å²) >= 11 is 0. The van der Waals surface area contributed by atoms with Crippen molar-refractivity contribution >= 4 is 5.65 Å². The number of alkyl halides is 3. The zero-order valence-corrected chi connectivity index (χ0v) is 13.1. The van der Waals surface area contributed by atoms with Gasteiger partial charge >= 0.3 is 6.18 Å². The number of hydrogen-bond donors (Lipinski definition) is 0. The van der Waals surface area contributed by atoms with Crippen LogP contribution in [0.1, 0.15) is 36.7 Å². The predicted octanol–water partition coefficient (Wildman–Crippen LogP) is 2.62. The van der Waals surface area contributed by atoms with Crippen molar-refractivity contribution in [1.82, 2.24) is 19.6 Å². The number of aryl methyl sites for hydroxylation is 1. The van der Waals surface area contributed by atoms with Crippen LogP contribution in [-0.2, 0) is 9.47 Å². The van der Waals surface area contributed by atoms with Crippen LogP contribution in [-0.4, -0.2) is 44.8 Å². The highest BCUT2D eigenvalue weighted by atomic mass is 19.4. The van der Waals surface area contributed by atoms with E-state index in [0.29, 0.717) is 30.4 Å². The zero-order chi connectivity index (χ0) is 16.9. The molecule has 2 unspecified atom stereocenters. The molecule has 0 radical (unpaired) electrons. The van der Waals surface area contributed by atoms with Gasteiger partial charge in [-0.2, -0.15) is 13.2 Å². The first-order chi connectivity index (χ1) is 11.4. The molecule has 6 nitrogen and oxygen atoms in total. The normalized spacial score (nSPS) is 27.2. The Hall–Kier alpha value is -1.74. The van der Waals surface area contributed by atoms with Crippen molar-refractivity contribution in [1.29, 1.82) is 0 Å². The van der Waals surface area contributed by atoms with Crippen LogP contribution in [0, 0.1) is 12.8 Å². The maximum atomic E-state index is 13.3. The molecule has 2 aliphatic rings. The highest BCUT2D eigenvalue weighted by molar-refractivity contribution is 5.42. The van der Waals surface area contributed by atoms with E-state index in [1.54, 1.807) is 23.7 Å². The van der Waals surface area contributed by atoms with Crippen LogP contribution < -0.4 is 0 Å². The van der Waals surface area contributed by atoms with E-state index in [0.717, 1.165) is 0 Å². The molecule has 2 atom stereocenters. The number of halogens is 3. The molecule has 1 spiro atoms. The number of rotatable bonds is 1. The Bertz CT molecular complexity index is 755. The highest BCUT2D eigenvalue weighted by Gasteiger charge is 2.55. The molecule has 0 aromatic carbocycles. The molecule has 2 fully saturated rings. The first kappa shape index (κ1) is 15.8. The fraction of sp³-hybridized carbons (Fsp3) is 0.667. The summed E-state index contributed by atoms with van der Waals surface area (Å²) in [6.07, 6.45) is -0.917. The number of hydrogen-bond acceptors (Lipinski definition) is 5. The van der Waals surface area contributed by atoms with E-state index in [1.807, 2.05) is 0 Å². The van der Waals surface area contributed by atoms with Gasteiger partial charge in [-0.3, -0.25) is 9.38 Å². The SMILES string of the molecule is Cc1nccn2c(C3CC(C(F)(F)F)CCC34OCCO4)nnc12. The maximum Gasteiger partial charge on any atom is 0.391 e. The van der Waals surface area contributed by atoms with E-state index in [2.05, 4.69) is 15.2 Å².